The highest BCUT2D eigenvalue weighted by atomic mass is 19.4. The topological polar surface area (TPSA) is 109 Å². The van der Waals surface area contributed by atoms with E-state index >= 15 is 0 Å². The summed E-state index contributed by atoms with van der Waals surface area (Å²) in [7, 11) is 3.53. The van der Waals surface area contributed by atoms with E-state index in [0.29, 0.717) is 35.5 Å². The largest absolute Gasteiger partial charge is 0.494 e. The molecule has 12 nitrogen and oxygen atoms in total. The second kappa shape index (κ2) is 13.8. The number of fused-ring (bicyclic) bond motifs is 1. The van der Waals surface area contributed by atoms with Crippen LogP contribution in [-0.4, -0.2) is 121 Å². The van der Waals surface area contributed by atoms with Crippen molar-refractivity contribution in [2.45, 2.75) is 56.4 Å². The van der Waals surface area contributed by atoms with Crippen LogP contribution in [0.15, 0.2) is 30.7 Å². The van der Waals surface area contributed by atoms with Crippen molar-refractivity contribution in [1.82, 2.24) is 24.7 Å². The first-order valence-corrected chi connectivity index (χ1v) is 16.3. The monoisotopic (exact) mass is 711 g/mol. The third-order valence-electron chi connectivity index (χ3n) is 9.63. The lowest BCUT2D eigenvalue weighted by Crippen LogP contribution is -2.59. The van der Waals surface area contributed by atoms with Crippen molar-refractivity contribution in [2.75, 3.05) is 80.4 Å². The van der Waals surface area contributed by atoms with Gasteiger partial charge in [0.05, 0.1) is 36.8 Å². The molecule has 1 aliphatic carbocycles. The first-order valence-electron chi connectivity index (χ1n) is 16.3. The Labute approximate surface area is 285 Å². The number of hydrogen-bond acceptors (Lipinski definition) is 9. The molecule has 0 atom stereocenters. The molecule has 272 valence electrons. The lowest BCUT2D eigenvalue weighted by Gasteiger charge is -2.46. The molecule has 1 saturated carbocycles. The van der Waals surface area contributed by atoms with Crippen molar-refractivity contribution in [2.24, 2.45) is 0 Å². The maximum absolute atomic E-state index is 13.9. The number of nitrogens with zero attached hydrogens (tertiary/aromatic N) is 7. The van der Waals surface area contributed by atoms with Crippen molar-refractivity contribution in [3.05, 3.63) is 36.3 Å². The molecular formula is C32H39F6N9O3. The molecule has 0 unspecified atom stereocenters. The van der Waals surface area contributed by atoms with E-state index in [9.17, 15) is 35.9 Å². The van der Waals surface area contributed by atoms with Gasteiger partial charge >= 0.3 is 12.2 Å². The SMILES string of the molecule is C=C(F)C(=O)Nc1cc(Nc2ncc3c(n2)N(C2CC(F)(F)C2)C(=O)N(CC(F)(F)F)C3)c(OC)cc1N1CCC(N2CCN(C)CC2)CC1. The van der Waals surface area contributed by atoms with Crippen LogP contribution in [0, 0.1) is 0 Å². The summed E-state index contributed by atoms with van der Waals surface area (Å²) in [5.41, 5.74) is 1.19. The summed E-state index contributed by atoms with van der Waals surface area (Å²) in [6.45, 7) is 6.37. The molecule has 6 rings (SSSR count). The van der Waals surface area contributed by atoms with Gasteiger partial charge in [0.25, 0.3) is 11.8 Å². The summed E-state index contributed by atoms with van der Waals surface area (Å²) < 4.78 is 87.1. The second-order valence-electron chi connectivity index (χ2n) is 13.2. The number of benzene rings is 1. The summed E-state index contributed by atoms with van der Waals surface area (Å²) in [5.74, 6) is -5.22. The number of halogens is 6. The highest BCUT2D eigenvalue weighted by Crippen LogP contribution is 2.45. The van der Waals surface area contributed by atoms with E-state index in [0.717, 1.165) is 43.9 Å². The maximum atomic E-state index is 13.9. The number of methoxy groups -OCH3 is 1. The number of urea groups is 1. The van der Waals surface area contributed by atoms with Crippen LogP contribution in [0.2, 0.25) is 0 Å². The summed E-state index contributed by atoms with van der Waals surface area (Å²) >= 11 is 0. The standard InChI is InChI=1S/C32H39F6N9O3/c1-19(33)28(48)40-23-12-24(26(50-3)13-25(23)45-6-4-21(5-7-45)44-10-8-43(2)9-11-44)41-29-39-16-20-17-46(18-32(36,37)38)30(49)47(27(20)42-29)22-14-31(34,35)15-22/h12-13,16,21-22H,1,4-11,14-15,17-18H2,2-3H3,(H,40,48)(H,39,41,42). The Kier molecular flexibility index (Phi) is 9.78. The normalized spacial score (nSPS) is 20.7. The van der Waals surface area contributed by atoms with E-state index in [1.54, 1.807) is 6.07 Å². The molecule has 2 saturated heterocycles. The van der Waals surface area contributed by atoms with Crippen LogP contribution >= 0.6 is 0 Å². The first-order chi connectivity index (χ1) is 23.6. The smallest absolute Gasteiger partial charge is 0.406 e. The number of amides is 3. The van der Waals surface area contributed by atoms with Gasteiger partial charge in [0.2, 0.25) is 5.95 Å². The molecule has 0 radical (unpaired) electrons. The fraction of sp³-hybridized carbons (Fsp3) is 0.562. The van der Waals surface area contributed by atoms with Gasteiger partial charge in [-0.25, -0.2) is 22.9 Å². The fourth-order valence-corrected chi connectivity index (χ4v) is 6.94. The van der Waals surface area contributed by atoms with Crippen LogP contribution in [0.25, 0.3) is 0 Å². The van der Waals surface area contributed by atoms with Gasteiger partial charge in [0.1, 0.15) is 18.1 Å². The van der Waals surface area contributed by atoms with E-state index in [1.807, 2.05) is 0 Å². The minimum Gasteiger partial charge on any atom is -0.494 e. The van der Waals surface area contributed by atoms with Gasteiger partial charge in [0, 0.05) is 76.0 Å². The third-order valence-corrected chi connectivity index (χ3v) is 9.63. The average molecular weight is 712 g/mol. The van der Waals surface area contributed by atoms with E-state index < -0.39 is 61.8 Å². The van der Waals surface area contributed by atoms with Crippen LogP contribution in [0.5, 0.6) is 5.75 Å². The molecule has 4 aliphatic rings. The number of nitrogens with one attached hydrogen (secondary N) is 2. The predicted octanol–water partition coefficient (Wildman–Crippen LogP) is 4.97. The number of piperazine rings is 1. The van der Waals surface area contributed by atoms with Gasteiger partial charge in [-0.2, -0.15) is 18.2 Å². The van der Waals surface area contributed by atoms with Crippen LogP contribution in [0.4, 0.5) is 60.0 Å². The summed E-state index contributed by atoms with van der Waals surface area (Å²) in [4.78, 5) is 42.6. The van der Waals surface area contributed by atoms with Gasteiger partial charge in [-0.05, 0) is 26.0 Å². The Morgan fingerprint density at radius 2 is 1.74 bits per heavy atom. The molecule has 1 aromatic heterocycles. The van der Waals surface area contributed by atoms with Crippen LogP contribution in [0.3, 0.4) is 0 Å². The summed E-state index contributed by atoms with van der Waals surface area (Å²) in [5, 5.41) is 5.51. The number of rotatable bonds is 9. The molecule has 0 bridgehead atoms. The van der Waals surface area contributed by atoms with Crippen LogP contribution < -0.4 is 25.2 Å². The zero-order valence-electron chi connectivity index (χ0n) is 27.7. The molecule has 3 fully saturated rings. The number of likely N-dealkylation sites (N-methyl/N-ethyl adjacent to an activating group) is 1. The Morgan fingerprint density at radius 3 is 2.34 bits per heavy atom. The zero-order chi connectivity index (χ0) is 36.0. The lowest BCUT2D eigenvalue weighted by atomic mass is 9.86. The van der Waals surface area contributed by atoms with Crippen molar-refractivity contribution in [3.8, 4) is 5.75 Å². The van der Waals surface area contributed by atoms with Gasteiger partial charge < -0.3 is 30.1 Å². The minimum atomic E-state index is -4.71. The Morgan fingerprint density at radius 1 is 1.06 bits per heavy atom. The number of piperidine rings is 1. The lowest BCUT2D eigenvalue weighted by molar-refractivity contribution is -0.141. The molecule has 2 N–H and O–H groups in total. The zero-order valence-corrected chi connectivity index (χ0v) is 27.7. The van der Waals surface area contributed by atoms with Gasteiger partial charge in [-0.3, -0.25) is 14.6 Å². The molecule has 3 amide bonds. The minimum absolute atomic E-state index is 0.0903. The van der Waals surface area contributed by atoms with E-state index in [2.05, 4.69) is 48.9 Å². The molecule has 50 heavy (non-hydrogen) atoms. The quantitative estimate of drug-likeness (QED) is 0.276. The third kappa shape index (κ3) is 7.70. The van der Waals surface area contributed by atoms with Crippen molar-refractivity contribution >= 4 is 40.8 Å². The van der Waals surface area contributed by atoms with Gasteiger partial charge in [-0.15, -0.1) is 0 Å². The Balaban J connectivity index is 1.28. The molecule has 1 aromatic carbocycles. The number of alkyl halides is 5. The number of anilines is 5. The summed E-state index contributed by atoms with van der Waals surface area (Å²) in [6.07, 6.45) is -3.19. The van der Waals surface area contributed by atoms with Crippen molar-refractivity contribution < 1.29 is 40.7 Å². The molecule has 18 heteroatoms. The molecule has 3 aliphatic heterocycles. The number of carbonyl (C=O) groups excluding carboxylic acids is 2. The Bertz CT molecular complexity index is 1620. The maximum Gasteiger partial charge on any atom is 0.406 e. The van der Waals surface area contributed by atoms with E-state index in [-0.39, 0.29) is 28.7 Å². The number of hydrogen-bond donors (Lipinski definition) is 2. The fourth-order valence-electron chi connectivity index (χ4n) is 6.94. The first kappa shape index (κ1) is 35.5. The Hall–Kier alpha value is -4.32. The molecule has 0 spiro atoms. The highest BCUT2D eigenvalue weighted by molar-refractivity contribution is 6.04. The second-order valence-corrected chi connectivity index (χ2v) is 13.2. The molecular weight excluding hydrogens is 672 g/mol. The number of carbonyl (C=O) groups is 2. The predicted molar refractivity (Wildman–Crippen MR) is 174 cm³/mol. The average Bonchev–Trinajstić information content (AvgIpc) is 3.04. The molecule has 2 aromatic rings. The van der Waals surface area contributed by atoms with E-state index in [4.69, 9.17) is 4.74 Å². The highest BCUT2D eigenvalue weighted by Gasteiger charge is 2.52. The van der Waals surface area contributed by atoms with Gasteiger partial charge in [-0.1, -0.05) is 6.58 Å². The molecule has 4 heterocycles. The van der Waals surface area contributed by atoms with Crippen molar-refractivity contribution in [3.63, 3.8) is 0 Å². The number of aromatic nitrogens is 2. The van der Waals surface area contributed by atoms with E-state index in [1.165, 1.54) is 19.4 Å². The summed E-state index contributed by atoms with van der Waals surface area (Å²) in [6, 6.07) is 1.43. The van der Waals surface area contributed by atoms with Crippen molar-refractivity contribution in [1.29, 1.82) is 0 Å². The number of ether oxygens (including phenoxy) is 1. The van der Waals surface area contributed by atoms with Crippen LogP contribution in [0.1, 0.15) is 31.2 Å². The van der Waals surface area contributed by atoms with Crippen LogP contribution in [-0.2, 0) is 11.3 Å². The van der Waals surface area contributed by atoms with Gasteiger partial charge in [0.15, 0.2) is 5.83 Å².